The number of hydrogen-bond acceptors (Lipinski definition) is 7. The number of carbonyl (C=O) groups excluding carboxylic acids is 2. The lowest BCUT2D eigenvalue weighted by molar-refractivity contribution is -0.119. The number of primary amides is 1. The molecule has 0 bridgehead atoms. The molecule has 1 heterocycles. The average molecular weight is 484 g/mol. The molecule has 0 fully saturated rings. The normalized spacial score (nSPS) is 12.4. The zero-order chi connectivity index (χ0) is 24.5. The Labute approximate surface area is 182 Å². The molecule has 0 spiro atoms. The molecule has 2 amide bonds. The second kappa shape index (κ2) is 8.98. The highest BCUT2D eigenvalue weighted by Gasteiger charge is 2.24. The van der Waals surface area contributed by atoms with Gasteiger partial charge in [0, 0.05) is 11.8 Å². The number of fused-ring (bicyclic) bond motifs is 1. The second-order valence-corrected chi connectivity index (χ2v) is 7.91. The Bertz CT molecular complexity index is 1350. The molecule has 0 saturated carbocycles. The standard InChI is InChI=1S/C19H15F2N2O9P/c20-12-7-9-6-11(19(27)31-16(9)14(21)15(12)24)18(26)23-13(17(22)25)5-8-1-3-10(4-2-8)32-33(28,29)30/h1-4,6-7,13,24H,5H2,(H2,22,25)(H,23,26)(H2,28,29,30). The van der Waals surface area contributed by atoms with Gasteiger partial charge in [0.2, 0.25) is 11.7 Å². The van der Waals surface area contributed by atoms with E-state index in [-0.39, 0.29) is 17.6 Å². The molecule has 0 aliphatic heterocycles. The van der Waals surface area contributed by atoms with E-state index in [1.165, 1.54) is 24.3 Å². The third-order valence-corrected chi connectivity index (χ3v) is 4.82. The molecule has 1 unspecified atom stereocenters. The number of benzene rings is 2. The third kappa shape index (κ3) is 5.52. The van der Waals surface area contributed by atoms with Gasteiger partial charge in [0.05, 0.1) is 0 Å². The summed E-state index contributed by atoms with van der Waals surface area (Å²) in [4.78, 5) is 54.0. The van der Waals surface area contributed by atoms with E-state index in [1.807, 2.05) is 0 Å². The lowest BCUT2D eigenvalue weighted by Gasteiger charge is -2.16. The molecule has 0 aliphatic carbocycles. The van der Waals surface area contributed by atoms with Crippen LogP contribution in [0, 0.1) is 11.6 Å². The largest absolute Gasteiger partial charge is 0.524 e. The Morgan fingerprint density at radius 3 is 2.39 bits per heavy atom. The monoisotopic (exact) mass is 484 g/mol. The van der Waals surface area contributed by atoms with E-state index in [4.69, 9.17) is 15.5 Å². The molecule has 33 heavy (non-hydrogen) atoms. The highest BCUT2D eigenvalue weighted by Crippen LogP contribution is 2.37. The van der Waals surface area contributed by atoms with Gasteiger partial charge in [-0.3, -0.25) is 19.4 Å². The van der Waals surface area contributed by atoms with Crippen LogP contribution < -0.4 is 21.2 Å². The van der Waals surface area contributed by atoms with Crippen molar-refractivity contribution in [3.8, 4) is 11.5 Å². The van der Waals surface area contributed by atoms with E-state index >= 15 is 0 Å². The lowest BCUT2D eigenvalue weighted by atomic mass is 10.0. The van der Waals surface area contributed by atoms with Crippen molar-refractivity contribution in [3.63, 3.8) is 0 Å². The first-order valence-electron chi connectivity index (χ1n) is 8.95. The van der Waals surface area contributed by atoms with E-state index in [9.17, 15) is 32.8 Å². The van der Waals surface area contributed by atoms with Gasteiger partial charge in [0.1, 0.15) is 17.4 Å². The minimum absolute atomic E-state index is 0.147. The van der Waals surface area contributed by atoms with Gasteiger partial charge in [-0.2, -0.15) is 4.39 Å². The number of phenolic OH excluding ortho intramolecular Hbond substituents is 1. The van der Waals surface area contributed by atoms with Crippen molar-refractivity contribution in [2.24, 2.45) is 5.73 Å². The van der Waals surface area contributed by atoms with Crippen LogP contribution in [0.1, 0.15) is 15.9 Å². The number of halogens is 2. The maximum Gasteiger partial charge on any atom is 0.524 e. The number of phosphoric ester groups is 1. The summed E-state index contributed by atoms with van der Waals surface area (Å²) in [6, 6.07) is 5.28. The van der Waals surface area contributed by atoms with Crippen molar-refractivity contribution >= 4 is 30.6 Å². The van der Waals surface area contributed by atoms with Crippen LogP contribution >= 0.6 is 7.82 Å². The maximum atomic E-state index is 13.9. The zero-order valence-corrected chi connectivity index (χ0v) is 17.2. The van der Waals surface area contributed by atoms with Gasteiger partial charge in [-0.05, 0) is 29.8 Å². The molecule has 0 radical (unpaired) electrons. The van der Waals surface area contributed by atoms with Crippen LogP contribution in [0.5, 0.6) is 11.5 Å². The van der Waals surface area contributed by atoms with Crippen molar-refractivity contribution in [3.05, 3.63) is 69.6 Å². The van der Waals surface area contributed by atoms with Crippen LogP contribution in [0.25, 0.3) is 11.0 Å². The summed E-state index contributed by atoms with van der Waals surface area (Å²) in [6.45, 7) is 0. The number of nitrogens with one attached hydrogen (secondary N) is 1. The van der Waals surface area contributed by atoms with Crippen molar-refractivity contribution in [1.29, 1.82) is 0 Å². The molecule has 1 aromatic heterocycles. The van der Waals surface area contributed by atoms with Gasteiger partial charge in [-0.1, -0.05) is 12.1 Å². The zero-order valence-electron chi connectivity index (χ0n) is 16.3. The fourth-order valence-electron chi connectivity index (χ4n) is 2.86. The summed E-state index contributed by atoms with van der Waals surface area (Å²) in [7, 11) is -4.76. The molecule has 0 aliphatic rings. The molecule has 0 saturated heterocycles. The van der Waals surface area contributed by atoms with Gasteiger partial charge < -0.3 is 25.1 Å². The van der Waals surface area contributed by atoms with Crippen molar-refractivity contribution < 1.29 is 46.8 Å². The number of nitrogens with two attached hydrogens (primary N) is 1. The van der Waals surface area contributed by atoms with E-state index < -0.39 is 59.8 Å². The van der Waals surface area contributed by atoms with E-state index in [0.29, 0.717) is 11.6 Å². The quantitative estimate of drug-likeness (QED) is 0.241. The van der Waals surface area contributed by atoms with Crippen LogP contribution in [0.3, 0.4) is 0 Å². The smallest absolute Gasteiger partial charge is 0.503 e. The van der Waals surface area contributed by atoms with Crippen LogP contribution in [-0.2, 0) is 15.8 Å². The van der Waals surface area contributed by atoms with Crippen molar-refractivity contribution in [2.75, 3.05) is 0 Å². The van der Waals surface area contributed by atoms with E-state index in [2.05, 4.69) is 14.3 Å². The molecular weight excluding hydrogens is 469 g/mol. The first-order chi connectivity index (χ1) is 15.4. The Hall–Kier alpha value is -3.80. The average Bonchev–Trinajstić information content (AvgIpc) is 2.72. The molecule has 3 rings (SSSR count). The first-order valence-corrected chi connectivity index (χ1v) is 10.5. The summed E-state index contributed by atoms with van der Waals surface area (Å²) in [5.74, 6) is -6.47. The summed E-state index contributed by atoms with van der Waals surface area (Å²) < 4.78 is 47.4. The minimum Gasteiger partial charge on any atom is -0.503 e. The fourth-order valence-corrected chi connectivity index (χ4v) is 3.26. The predicted octanol–water partition coefficient (Wildman–Crippen LogP) is 1.07. The number of rotatable bonds is 7. The molecule has 1 atom stereocenters. The maximum absolute atomic E-state index is 13.9. The Balaban J connectivity index is 1.83. The van der Waals surface area contributed by atoms with E-state index in [1.54, 1.807) is 0 Å². The molecule has 6 N–H and O–H groups in total. The number of aromatic hydroxyl groups is 1. The molecule has 174 valence electrons. The number of hydrogen-bond donors (Lipinski definition) is 5. The highest BCUT2D eigenvalue weighted by atomic mass is 31.2. The number of phosphoric acid groups is 1. The summed E-state index contributed by atoms with van der Waals surface area (Å²) in [5.41, 5.74) is 2.95. The summed E-state index contributed by atoms with van der Waals surface area (Å²) in [5, 5.41) is 11.2. The van der Waals surface area contributed by atoms with Crippen LogP contribution in [0.15, 0.2) is 45.6 Å². The topological polar surface area (TPSA) is 189 Å². The Morgan fingerprint density at radius 2 is 1.82 bits per heavy atom. The molecular formula is C19H15F2N2O9P. The van der Waals surface area contributed by atoms with Crippen LogP contribution in [-0.4, -0.2) is 32.7 Å². The summed E-state index contributed by atoms with van der Waals surface area (Å²) in [6.07, 6.45) is -0.173. The first kappa shape index (κ1) is 23.9. The number of amides is 2. The molecule has 3 aromatic rings. The van der Waals surface area contributed by atoms with Gasteiger partial charge in [0.15, 0.2) is 17.1 Å². The van der Waals surface area contributed by atoms with Crippen LogP contribution in [0.4, 0.5) is 8.78 Å². The molecule has 2 aromatic carbocycles. The Kier molecular flexibility index (Phi) is 6.49. The van der Waals surface area contributed by atoms with Crippen LogP contribution in [0.2, 0.25) is 0 Å². The third-order valence-electron chi connectivity index (χ3n) is 4.37. The van der Waals surface area contributed by atoms with E-state index in [0.717, 1.165) is 6.07 Å². The van der Waals surface area contributed by atoms with Gasteiger partial charge in [0.25, 0.3) is 5.91 Å². The number of carbonyl (C=O) groups is 2. The molecule has 11 nitrogen and oxygen atoms in total. The minimum atomic E-state index is -4.76. The number of phenols is 1. The highest BCUT2D eigenvalue weighted by molar-refractivity contribution is 7.46. The predicted molar refractivity (Wildman–Crippen MR) is 107 cm³/mol. The Morgan fingerprint density at radius 1 is 1.18 bits per heavy atom. The van der Waals surface area contributed by atoms with Gasteiger partial charge in [-0.15, -0.1) is 0 Å². The van der Waals surface area contributed by atoms with Crippen molar-refractivity contribution in [2.45, 2.75) is 12.5 Å². The van der Waals surface area contributed by atoms with Gasteiger partial charge >= 0.3 is 13.4 Å². The van der Waals surface area contributed by atoms with Gasteiger partial charge in [-0.25, -0.2) is 13.8 Å². The van der Waals surface area contributed by atoms with Crippen molar-refractivity contribution in [1.82, 2.24) is 5.32 Å². The summed E-state index contributed by atoms with van der Waals surface area (Å²) >= 11 is 0. The molecule has 14 heteroatoms. The second-order valence-electron chi connectivity index (χ2n) is 6.75. The SMILES string of the molecule is NC(=O)C(Cc1ccc(OP(=O)(O)O)cc1)NC(=O)c1cc2cc(F)c(O)c(F)c2oc1=O. The fraction of sp³-hybridized carbons (Fsp3) is 0.105. The lowest BCUT2D eigenvalue weighted by Crippen LogP contribution is -2.46.